The van der Waals surface area contributed by atoms with Gasteiger partial charge < -0.3 is 5.73 Å². The SMILES string of the molecule is CSc1sc(C)cc1C1C(C#N)=C(N)N(c2ccccc2)C2=C1C(=O)CC(C)(C)C2. The van der Waals surface area contributed by atoms with Crippen molar-refractivity contribution in [1.29, 1.82) is 5.26 Å². The zero-order valence-electron chi connectivity index (χ0n) is 17.7. The Morgan fingerprint density at radius 3 is 2.60 bits per heavy atom. The quantitative estimate of drug-likeness (QED) is 0.625. The number of anilines is 1. The molecule has 0 bridgehead atoms. The third-order valence-electron chi connectivity index (χ3n) is 5.74. The maximum atomic E-state index is 13.5. The number of ketones is 1. The molecule has 154 valence electrons. The predicted octanol–water partition coefficient (Wildman–Crippen LogP) is 5.72. The molecule has 0 radical (unpaired) electrons. The van der Waals surface area contributed by atoms with Gasteiger partial charge in [-0.25, -0.2) is 0 Å². The molecule has 0 fully saturated rings. The van der Waals surface area contributed by atoms with Crippen molar-refractivity contribution in [3.8, 4) is 6.07 Å². The predicted molar refractivity (Wildman–Crippen MR) is 124 cm³/mol. The summed E-state index contributed by atoms with van der Waals surface area (Å²) < 4.78 is 1.13. The molecule has 30 heavy (non-hydrogen) atoms. The summed E-state index contributed by atoms with van der Waals surface area (Å²) in [5.74, 6) is 0.137. The van der Waals surface area contributed by atoms with Gasteiger partial charge in [0.15, 0.2) is 5.78 Å². The van der Waals surface area contributed by atoms with E-state index < -0.39 is 5.92 Å². The van der Waals surface area contributed by atoms with Gasteiger partial charge in [0.05, 0.1) is 21.8 Å². The first kappa shape index (κ1) is 20.8. The van der Waals surface area contributed by atoms with E-state index in [-0.39, 0.29) is 11.2 Å². The Morgan fingerprint density at radius 2 is 1.97 bits per heavy atom. The molecule has 0 saturated carbocycles. The number of para-hydroxylation sites is 1. The Morgan fingerprint density at radius 1 is 1.27 bits per heavy atom. The van der Waals surface area contributed by atoms with Crippen molar-refractivity contribution >= 4 is 34.6 Å². The fourth-order valence-corrected chi connectivity index (χ4v) is 6.48. The Balaban J connectivity index is 2.02. The van der Waals surface area contributed by atoms with Gasteiger partial charge >= 0.3 is 0 Å². The zero-order chi connectivity index (χ0) is 21.6. The molecular formula is C24H25N3OS2. The van der Waals surface area contributed by atoms with Crippen LogP contribution in [0.25, 0.3) is 0 Å². The van der Waals surface area contributed by atoms with E-state index in [1.807, 2.05) is 41.5 Å². The number of thioether (sulfide) groups is 1. The summed E-state index contributed by atoms with van der Waals surface area (Å²) in [5, 5.41) is 10.2. The summed E-state index contributed by atoms with van der Waals surface area (Å²) in [7, 11) is 0. The van der Waals surface area contributed by atoms with Gasteiger partial charge in [0.1, 0.15) is 5.82 Å². The minimum Gasteiger partial charge on any atom is -0.384 e. The van der Waals surface area contributed by atoms with Crippen LogP contribution in [0, 0.1) is 23.7 Å². The lowest BCUT2D eigenvalue weighted by Crippen LogP contribution is -2.42. The second-order valence-corrected chi connectivity index (χ2v) is 11.0. The molecule has 4 nitrogen and oxygen atoms in total. The van der Waals surface area contributed by atoms with Gasteiger partial charge in [-0.3, -0.25) is 9.69 Å². The van der Waals surface area contributed by atoms with Crippen molar-refractivity contribution in [2.24, 2.45) is 11.1 Å². The Labute approximate surface area is 186 Å². The van der Waals surface area contributed by atoms with E-state index in [9.17, 15) is 10.1 Å². The number of thiophene rings is 1. The molecule has 4 rings (SSSR count). The van der Waals surface area contributed by atoms with E-state index in [1.165, 1.54) is 4.88 Å². The van der Waals surface area contributed by atoms with Crippen LogP contribution in [0.1, 0.15) is 43.0 Å². The molecule has 2 heterocycles. The maximum Gasteiger partial charge on any atom is 0.162 e. The molecule has 1 unspecified atom stereocenters. The summed E-state index contributed by atoms with van der Waals surface area (Å²) in [5.41, 5.74) is 10.5. The molecule has 6 heteroatoms. The average molecular weight is 436 g/mol. The first-order valence-corrected chi connectivity index (χ1v) is 12.0. The molecule has 2 N–H and O–H groups in total. The van der Waals surface area contributed by atoms with Crippen LogP contribution in [0.5, 0.6) is 0 Å². The largest absolute Gasteiger partial charge is 0.384 e. The molecule has 0 spiro atoms. The van der Waals surface area contributed by atoms with Gasteiger partial charge in [-0.2, -0.15) is 5.26 Å². The van der Waals surface area contributed by atoms with Gasteiger partial charge in [-0.1, -0.05) is 32.0 Å². The van der Waals surface area contributed by atoms with Gasteiger partial charge in [-0.05, 0) is 48.8 Å². The molecule has 1 aromatic carbocycles. The highest BCUT2D eigenvalue weighted by Crippen LogP contribution is 2.52. The van der Waals surface area contributed by atoms with Crippen molar-refractivity contribution in [3.05, 3.63) is 69.5 Å². The van der Waals surface area contributed by atoms with Crippen LogP contribution in [-0.2, 0) is 4.79 Å². The van der Waals surface area contributed by atoms with E-state index >= 15 is 0 Å². The van der Waals surface area contributed by atoms with Gasteiger partial charge in [0.25, 0.3) is 0 Å². The van der Waals surface area contributed by atoms with Crippen molar-refractivity contribution in [2.45, 2.75) is 43.7 Å². The van der Waals surface area contributed by atoms with Crippen LogP contribution >= 0.6 is 23.1 Å². The third-order valence-corrected chi connectivity index (χ3v) is 7.96. The summed E-state index contributed by atoms with van der Waals surface area (Å²) in [6, 6.07) is 14.3. The second-order valence-electron chi connectivity index (χ2n) is 8.62. The molecule has 1 atom stereocenters. The van der Waals surface area contributed by atoms with Gasteiger partial charge in [0, 0.05) is 28.3 Å². The van der Waals surface area contributed by atoms with Crippen molar-refractivity contribution in [3.63, 3.8) is 0 Å². The van der Waals surface area contributed by atoms with Crippen molar-refractivity contribution in [2.75, 3.05) is 11.2 Å². The normalized spacial score (nSPS) is 21.0. The van der Waals surface area contributed by atoms with Crippen LogP contribution in [-0.4, -0.2) is 12.0 Å². The number of Topliss-reactive ketones (excluding diaryl/α,β-unsaturated/α-hetero) is 1. The average Bonchev–Trinajstić information content (AvgIpc) is 3.07. The van der Waals surface area contributed by atoms with Crippen LogP contribution < -0.4 is 10.6 Å². The summed E-state index contributed by atoms with van der Waals surface area (Å²) >= 11 is 3.36. The molecule has 2 aromatic rings. The fourth-order valence-electron chi connectivity index (χ4n) is 4.57. The minimum absolute atomic E-state index is 0.114. The summed E-state index contributed by atoms with van der Waals surface area (Å²) in [4.78, 5) is 16.6. The molecule has 2 aliphatic rings. The number of benzene rings is 1. The summed E-state index contributed by atoms with van der Waals surface area (Å²) in [6.45, 7) is 6.30. The lowest BCUT2D eigenvalue weighted by atomic mass is 9.69. The van der Waals surface area contributed by atoms with Crippen molar-refractivity contribution in [1.82, 2.24) is 0 Å². The Bertz CT molecular complexity index is 1120. The number of hydrogen-bond acceptors (Lipinski definition) is 6. The highest BCUT2D eigenvalue weighted by molar-refractivity contribution is 8.00. The topological polar surface area (TPSA) is 70.1 Å². The van der Waals surface area contributed by atoms with E-state index in [2.05, 4.69) is 32.9 Å². The molecule has 1 aliphatic carbocycles. The molecule has 1 aliphatic heterocycles. The Kier molecular flexibility index (Phi) is 5.29. The third kappa shape index (κ3) is 3.36. The molecule has 0 saturated heterocycles. The second kappa shape index (κ2) is 7.64. The smallest absolute Gasteiger partial charge is 0.162 e. The number of aryl methyl sites for hydroxylation is 1. The molecular weight excluding hydrogens is 410 g/mol. The minimum atomic E-state index is -0.402. The van der Waals surface area contributed by atoms with Crippen molar-refractivity contribution < 1.29 is 4.79 Å². The highest BCUT2D eigenvalue weighted by Gasteiger charge is 2.45. The zero-order valence-corrected chi connectivity index (χ0v) is 19.3. The number of nitrogens with zero attached hydrogens (tertiary/aromatic N) is 2. The first-order valence-electron chi connectivity index (χ1n) is 9.93. The van der Waals surface area contributed by atoms with E-state index in [1.54, 1.807) is 23.1 Å². The molecule has 0 amide bonds. The number of carbonyl (C=O) groups excluding carboxylic acids is 1. The van der Waals surface area contributed by atoms with Gasteiger partial charge in [-0.15, -0.1) is 23.1 Å². The monoisotopic (exact) mass is 435 g/mol. The van der Waals surface area contributed by atoms with Crippen LogP contribution in [0.2, 0.25) is 0 Å². The number of hydrogen-bond donors (Lipinski definition) is 1. The van der Waals surface area contributed by atoms with Gasteiger partial charge in [0.2, 0.25) is 0 Å². The number of rotatable bonds is 3. The number of allylic oxidation sites excluding steroid dienone is 3. The summed E-state index contributed by atoms with van der Waals surface area (Å²) in [6.07, 6.45) is 3.24. The lowest BCUT2D eigenvalue weighted by molar-refractivity contribution is -0.118. The maximum absolute atomic E-state index is 13.5. The van der Waals surface area contributed by atoms with Crippen LogP contribution in [0.4, 0.5) is 5.69 Å². The van der Waals surface area contributed by atoms with E-state index in [0.29, 0.717) is 17.8 Å². The number of nitriles is 1. The first-order chi connectivity index (χ1) is 14.3. The standard InChI is InChI=1S/C24H25N3OS2/c1-14-10-16(23(29-4)30-14)20-17(13-25)22(26)27(15-8-6-5-7-9-15)18-11-24(2,3)12-19(28)21(18)20/h5-10,20H,11-12,26H2,1-4H3. The fraction of sp³-hybridized carbons (Fsp3) is 0.333. The van der Waals surface area contributed by atoms with E-state index in [4.69, 9.17) is 5.73 Å². The highest BCUT2D eigenvalue weighted by atomic mass is 32.2. The van der Waals surface area contributed by atoms with E-state index in [0.717, 1.165) is 33.2 Å². The molecule has 1 aromatic heterocycles. The number of nitrogens with two attached hydrogens (primary N) is 1. The van der Waals surface area contributed by atoms with Crippen LogP contribution in [0.3, 0.4) is 0 Å². The van der Waals surface area contributed by atoms with Crippen LogP contribution in [0.15, 0.2) is 63.3 Å². The lowest BCUT2D eigenvalue weighted by Gasteiger charge is -2.43. The Hall–Kier alpha value is -2.49. The number of carbonyl (C=O) groups is 1.